The van der Waals surface area contributed by atoms with Crippen LogP contribution in [0.25, 0.3) is 22.5 Å². The Kier molecular flexibility index (Phi) is 2.67. The van der Waals surface area contributed by atoms with Crippen LogP contribution in [0, 0.1) is 12.7 Å². The molecule has 3 aromatic rings. The summed E-state index contributed by atoms with van der Waals surface area (Å²) in [6.07, 6.45) is 5.04. The fourth-order valence-corrected chi connectivity index (χ4v) is 2.14. The van der Waals surface area contributed by atoms with Crippen molar-refractivity contribution in [2.24, 2.45) is 7.05 Å². The highest BCUT2D eigenvalue weighted by Gasteiger charge is 2.15. The fraction of sp³-hybridized carbons (Fsp3) is 0.143. The average molecular weight is 256 g/mol. The molecule has 3 heterocycles. The minimum atomic E-state index is -0.348. The van der Waals surface area contributed by atoms with Crippen molar-refractivity contribution < 1.29 is 4.39 Å². The first-order chi connectivity index (χ1) is 9.15. The number of H-pyrrole nitrogens is 1. The van der Waals surface area contributed by atoms with Crippen LogP contribution in [-0.2, 0) is 7.05 Å². The molecule has 0 unspecified atom stereocenters. The van der Waals surface area contributed by atoms with Crippen molar-refractivity contribution in [3.05, 3.63) is 48.3 Å². The normalized spacial score (nSPS) is 10.9. The summed E-state index contributed by atoms with van der Waals surface area (Å²) in [4.78, 5) is 7.25. The van der Waals surface area contributed by atoms with E-state index in [0.717, 1.165) is 22.5 Å². The van der Waals surface area contributed by atoms with E-state index < -0.39 is 0 Å². The maximum Gasteiger partial charge on any atom is 0.141 e. The number of rotatable bonds is 2. The van der Waals surface area contributed by atoms with Crippen molar-refractivity contribution >= 4 is 0 Å². The lowest BCUT2D eigenvalue weighted by Gasteiger charge is -2.01. The van der Waals surface area contributed by atoms with E-state index in [1.807, 2.05) is 32.4 Å². The van der Waals surface area contributed by atoms with Gasteiger partial charge in [0.25, 0.3) is 0 Å². The van der Waals surface area contributed by atoms with Crippen LogP contribution in [0.15, 0.2) is 36.8 Å². The van der Waals surface area contributed by atoms with Gasteiger partial charge in [-0.1, -0.05) is 0 Å². The minimum Gasteiger partial charge on any atom is -0.365 e. The third-order valence-corrected chi connectivity index (χ3v) is 3.04. The summed E-state index contributed by atoms with van der Waals surface area (Å²) in [5.41, 5.74) is 4.55. The number of nitrogens with one attached hydrogen (secondary N) is 1. The zero-order chi connectivity index (χ0) is 13.4. The number of pyridine rings is 1. The first-order valence-electron chi connectivity index (χ1n) is 5.95. The molecule has 4 nitrogen and oxygen atoms in total. The van der Waals surface area contributed by atoms with Gasteiger partial charge in [-0.05, 0) is 25.1 Å². The quantitative estimate of drug-likeness (QED) is 0.766. The zero-order valence-corrected chi connectivity index (χ0v) is 10.7. The molecule has 5 heteroatoms. The Labute approximate surface area is 109 Å². The standard InChI is InChI=1S/C14H13FN4/c1-9-11(5-6-16-9)12-8-19(2)18-14(12)13-4-3-10(15)7-17-13/h3-8,16H,1-2H3. The Balaban J connectivity index is 2.17. The molecule has 0 atom stereocenters. The van der Waals surface area contributed by atoms with E-state index in [1.165, 1.54) is 12.3 Å². The summed E-state index contributed by atoms with van der Waals surface area (Å²) in [6.45, 7) is 2.00. The lowest BCUT2D eigenvalue weighted by molar-refractivity contribution is 0.621. The molecular formula is C14H13FN4. The fourth-order valence-electron chi connectivity index (χ4n) is 2.14. The van der Waals surface area contributed by atoms with E-state index in [4.69, 9.17) is 0 Å². The predicted molar refractivity (Wildman–Crippen MR) is 70.9 cm³/mol. The Hall–Kier alpha value is -2.43. The van der Waals surface area contributed by atoms with Crippen LogP contribution in [0.3, 0.4) is 0 Å². The van der Waals surface area contributed by atoms with Gasteiger partial charge in [-0.15, -0.1) is 0 Å². The van der Waals surface area contributed by atoms with Gasteiger partial charge in [-0.3, -0.25) is 9.67 Å². The van der Waals surface area contributed by atoms with Gasteiger partial charge in [-0.2, -0.15) is 5.10 Å². The van der Waals surface area contributed by atoms with Gasteiger partial charge in [0.1, 0.15) is 11.5 Å². The summed E-state index contributed by atoms with van der Waals surface area (Å²) in [6, 6.07) is 5.04. The lowest BCUT2D eigenvalue weighted by Crippen LogP contribution is -1.90. The Morgan fingerprint density at radius 3 is 2.68 bits per heavy atom. The molecule has 0 saturated heterocycles. The maximum atomic E-state index is 13.0. The molecular weight excluding hydrogens is 243 g/mol. The van der Waals surface area contributed by atoms with E-state index in [-0.39, 0.29) is 5.82 Å². The van der Waals surface area contributed by atoms with Crippen LogP contribution in [0.5, 0.6) is 0 Å². The van der Waals surface area contributed by atoms with Gasteiger partial charge in [0.15, 0.2) is 0 Å². The van der Waals surface area contributed by atoms with Crippen molar-refractivity contribution in [2.45, 2.75) is 6.92 Å². The summed E-state index contributed by atoms with van der Waals surface area (Å²) in [5.74, 6) is -0.348. The number of hydrogen-bond acceptors (Lipinski definition) is 2. The lowest BCUT2D eigenvalue weighted by atomic mass is 10.1. The molecule has 3 rings (SSSR count). The van der Waals surface area contributed by atoms with Crippen molar-refractivity contribution in [2.75, 3.05) is 0 Å². The molecule has 0 aliphatic rings. The molecule has 0 aliphatic carbocycles. The second-order valence-electron chi connectivity index (χ2n) is 4.44. The monoisotopic (exact) mass is 256 g/mol. The van der Waals surface area contributed by atoms with E-state index in [9.17, 15) is 4.39 Å². The van der Waals surface area contributed by atoms with Crippen molar-refractivity contribution in [3.8, 4) is 22.5 Å². The number of aryl methyl sites for hydroxylation is 2. The van der Waals surface area contributed by atoms with E-state index >= 15 is 0 Å². The van der Waals surface area contributed by atoms with Gasteiger partial charge in [0, 0.05) is 36.3 Å². The molecule has 0 fully saturated rings. The number of halogens is 1. The number of aromatic amines is 1. The van der Waals surface area contributed by atoms with Gasteiger partial charge in [0.05, 0.1) is 11.9 Å². The largest absolute Gasteiger partial charge is 0.365 e. The summed E-state index contributed by atoms with van der Waals surface area (Å²) >= 11 is 0. The number of hydrogen-bond donors (Lipinski definition) is 1. The molecule has 96 valence electrons. The van der Waals surface area contributed by atoms with Gasteiger partial charge >= 0.3 is 0 Å². The highest BCUT2D eigenvalue weighted by atomic mass is 19.1. The third kappa shape index (κ3) is 2.03. The Morgan fingerprint density at radius 1 is 1.21 bits per heavy atom. The van der Waals surface area contributed by atoms with E-state index in [2.05, 4.69) is 15.1 Å². The van der Waals surface area contributed by atoms with Crippen LogP contribution in [0.1, 0.15) is 5.69 Å². The summed E-state index contributed by atoms with van der Waals surface area (Å²) in [5, 5.41) is 4.43. The first-order valence-corrected chi connectivity index (χ1v) is 5.95. The molecule has 0 saturated carbocycles. The second kappa shape index (κ2) is 4.35. The SMILES string of the molecule is Cc1[nH]ccc1-c1cn(C)nc1-c1ccc(F)cn1. The van der Waals surface area contributed by atoms with Crippen molar-refractivity contribution in [1.82, 2.24) is 19.7 Å². The highest BCUT2D eigenvalue weighted by Crippen LogP contribution is 2.31. The van der Waals surface area contributed by atoms with Crippen LogP contribution in [0.2, 0.25) is 0 Å². The van der Waals surface area contributed by atoms with E-state index in [1.54, 1.807) is 10.7 Å². The summed E-state index contributed by atoms with van der Waals surface area (Å²) in [7, 11) is 1.86. The van der Waals surface area contributed by atoms with Crippen molar-refractivity contribution in [1.29, 1.82) is 0 Å². The highest BCUT2D eigenvalue weighted by molar-refractivity contribution is 5.80. The molecule has 3 aromatic heterocycles. The Bertz CT molecular complexity index is 709. The molecule has 0 aliphatic heterocycles. The van der Waals surface area contributed by atoms with Crippen LogP contribution >= 0.6 is 0 Å². The molecule has 0 amide bonds. The Morgan fingerprint density at radius 2 is 2.05 bits per heavy atom. The van der Waals surface area contributed by atoms with Gasteiger partial charge in [-0.25, -0.2) is 4.39 Å². The predicted octanol–water partition coefficient (Wildman–Crippen LogP) is 2.92. The van der Waals surface area contributed by atoms with Gasteiger partial charge in [0.2, 0.25) is 0 Å². The van der Waals surface area contributed by atoms with Crippen LogP contribution in [0.4, 0.5) is 4.39 Å². The van der Waals surface area contributed by atoms with Gasteiger partial charge < -0.3 is 4.98 Å². The minimum absolute atomic E-state index is 0.348. The molecule has 19 heavy (non-hydrogen) atoms. The topological polar surface area (TPSA) is 46.5 Å². The molecule has 1 N–H and O–H groups in total. The van der Waals surface area contributed by atoms with Crippen LogP contribution < -0.4 is 0 Å². The second-order valence-corrected chi connectivity index (χ2v) is 4.44. The van der Waals surface area contributed by atoms with Crippen molar-refractivity contribution in [3.63, 3.8) is 0 Å². The number of aromatic nitrogens is 4. The smallest absolute Gasteiger partial charge is 0.141 e. The molecule has 0 bridgehead atoms. The average Bonchev–Trinajstić information content (AvgIpc) is 2.96. The maximum absolute atomic E-state index is 13.0. The first kappa shape index (κ1) is 11.6. The summed E-state index contributed by atoms with van der Waals surface area (Å²) < 4.78 is 14.7. The third-order valence-electron chi connectivity index (χ3n) is 3.04. The molecule has 0 aromatic carbocycles. The van der Waals surface area contributed by atoms with Crippen LogP contribution in [-0.4, -0.2) is 19.7 Å². The van der Waals surface area contributed by atoms with E-state index in [0.29, 0.717) is 5.69 Å². The molecule has 0 radical (unpaired) electrons. The number of nitrogens with zero attached hydrogens (tertiary/aromatic N) is 3. The molecule has 0 spiro atoms. The zero-order valence-electron chi connectivity index (χ0n) is 10.7.